The summed E-state index contributed by atoms with van der Waals surface area (Å²) < 4.78 is 5.55. The normalized spacial score (nSPS) is 12.6. The van der Waals surface area contributed by atoms with Crippen molar-refractivity contribution in [1.82, 2.24) is 5.32 Å². The summed E-state index contributed by atoms with van der Waals surface area (Å²) in [6, 6.07) is 23.1. The van der Waals surface area contributed by atoms with Crippen LogP contribution in [0.3, 0.4) is 0 Å². The van der Waals surface area contributed by atoms with Crippen molar-refractivity contribution in [3.8, 4) is 11.1 Å². The number of amides is 1. The molecule has 0 aliphatic heterocycles. The van der Waals surface area contributed by atoms with Gasteiger partial charge in [-0.2, -0.15) is 0 Å². The van der Waals surface area contributed by atoms with E-state index in [0.717, 1.165) is 34.0 Å². The van der Waals surface area contributed by atoms with Gasteiger partial charge in [-0.25, -0.2) is 4.79 Å². The zero-order valence-corrected chi connectivity index (χ0v) is 18.6. The maximum Gasteiger partial charge on any atom is 0.407 e. The van der Waals surface area contributed by atoms with Crippen molar-refractivity contribution < 1.29 is 19.1 Å². The third-order valence-corrected chi connectivity index (χ3v) is 6.80. The SMILES string of the molecule is CC(C)(NC(=O)OCC1c2ccccc2-c2ccccc21)C(=O)Sc1ccccc1C=O. The van der Waals surface area contributed by atoms with Crippen molar-refractivity contribution in [2.24, 2.45) is 0 Å². The average Bonchev–Trinajstić information content (AvgIpc) is 3.11. The molecular formula is C26H23NO4S. The number of hydrogen-bond acceptors (Lipinski definition) is 5. The molecule has 3 aromatic rings. The minimum atomic E-state index is -1.18. The molecule has 0 spiro atoms. The summed E-state index contributed by atoms with van der Waals surface area (Å²) >= 11 is 0.928. The Morgan fingerprint density at radius 1 is 0.938 bits per heavy atom. The Balaban J connectivity index is 1.41. The Labute approximate surface area is 191 Å². The first-order valence-electron chi connectivity index (χ1n) is 10.3. The Bertz CT molecular complexity index is 1140. The highest BCUT2D eigenvalue weighted by Gasteiger charge is 2.33. The van der Waals surface area contributed by atoms with Gasteiger partial charge in [0.25, 0.3) is 0 Å². The van der Waals surface area contributed by atoms with E-state index < -0.39 is 11.6 Å². The number of nitrogens with one attached hydrogen (secondary N) is 1. The predicted octanol–water partition coefficient (Wildman–Crippen LogP) is 5.44. The Hall–Kier alpha value is -3.38. The van der Waals surface area contributed by atoms with E-state index in [1.807, 2.05) is 24.3 Å². The lowest BCUT2D eigenvalue weighted by atomic mass is 9.98. The Morgan fingerprint density at radius 2 is 1.50 bits per heavy atom. The number of thioether (sulfide) groups is 1. The van der Waals surface area contributed by atoms with Crippen LogP contribution in [0.15, 0.2) is 77.7 Å². The van der Waals surface area contributed by atoms with Crippen molar-refractivity contribution in [1.29, 1.82) is 0 Å². The van der Waals surface area contributed by atoms with Crippen LogP contribution in [0, 0.1) is 0 Å². The molecule has 5 nitrogen and oxygen atoms in total. The average molecular weight is 446 g/mol. The molecule has 1 amide bonds. The third-order valence-electron chi connectivity index (χ3n) is 5.52. The van der Waals surface area contributed by atoms with Gasteiger partial charge in [-0.05, 0) is 53.9 Å². The van der Waals surface area contributed by atoms with Crippen LogP contribution in [-0.2, 0) is 9.53 Å². The summed E-state index contributed by atoms with van der Waals surface area (Å²) in [6.45, 7) is 3.41. The number of ether oxygens (including phenoxy) is 1. The van der Waals surface area contributed by atoms with Gasteiger partial charge in [-0.3, -0.25) is 9.59 Å². The molecular weight excluding hydrogens is 422 g/mol. The summed E-state index contributed by atoms with van der Waals surface area (Å²) in [7, 11) is 0. The number of benzene rings is 3. The van der Waals surface area contributed by atoms with Crippen LogP contribution in [0.25, 0.3) is 11.1 Å². The highest BCUT2D eigenvalue weighted by Crippen LogP contribution is 2.44. The fourth-order valence-electron chi connectivity index (χ4n) is 3.84. The van der Waals surface area contributed by atoms with E-state index in [-0.39, 0.29) is 17.6 Å². The number of rotatable bonds is 6. The standard InChI is InChI=1S/C26H23NO4S/c1-26(2,24(29)32-23-14-8-3-9-17(23)15-28)27-25(30)31-16-22-20-12-6-4-10-18(20)19-11-5-7-13-21(19)22/h3-15,22H,16H2,1-2H3,(H,27,30). The maximum absolute atomic E-state index is 12.8. The molecule has 0 bridgehead atoms. The zero-order chi connectivity index (χ0) is 22.7. The Kier molecular flexibility index (Phi) is 6.15. The minimum absolute atomic E-state index is 0.0548. The van der Waals surface area contributed by atoms with Gasteiger partial charge in [0.15, 0.2) is 6.29 Å². The minimum Gasteiger partial charge on any atom is -0.449 e. The number of carbonyl (C=O) groups is 3. The van der Waals surface area contributed by atoms with E-state index in [1.54, 1.807) is 38.1 Å². The Morgan fingerprint density at radius 3 is 2.12 bits per heavy atom. The van der Waals surface area contributed by atoms with Gasteiger partial charge in [-0.15, -0.1) is 0 Å². The van der Waals surface area contributed by atoms with Crippen LogP contribution in [0.5, 0.6) is 0 Å². The van der Waals surface area contributed by atoms with Crippen molar-refractivity contribution in [3.63, 3.8) is 0 Å². The van der Waals surface area contributed by atoms with Crippen LogP contribution in [0.2, 0.25) is 0 Å². The number of fused-ring (bicyclic) bond motifs is 3. The first kappa shape index (κ1) is 21.8. The quantitative estimate of drug-likeness (QED) is 0.404. The van der Waals surface area contributed by atoms with Crippen LogP contribution in [-0.4, -0.2) is 29.6 Å². The molecule has 3 aromatic carbocycles. The molecule has 0 saturated heterocycles. The second-order valence-corrected chi connectivity index (χ2v) is 9.14. The van der Waals surface area contributed by atoms with Crippen molar-refractivity contribution in [2.75, 3.05) is 6.61 Å². The molecule has 4 rings (SSSR count). The van der Waals surface area contributed by atoms with Crippen LogP contribution < -0.4 is 5.32 Å². The summed E-state index contributed by atoms with van der Waals surface area (Å²) in [5.74, 6) is -0.0548. The number of aldehydes is 1. The van der Waals surface area contributed by atoms with Gasteiger partial charge < -0.3 is 10.1 Å². The van der Waals surface area contributed by atoms with Gasteiger partial charge in [0, 0.05) is 16.4 Å². The maximum atomic E-state index is 12.8. The van der Waals surface area contributed by atoms with E-state index >= 15 is 0 Å². The fraction of sp³-hybridized carbons (Fsp3) is 0.192. The van der Waals surface area contributed by atoms with Gasteiger partial charge in [0.05, 0.1) is 0 Å². The second kappa shape index (κ2) is 9.01. The lowest BCUT2D eigenvalue weighted by molar-refractivity contribution is -0.115. The second-order valence-electron chi connectivity index (χ2n) is 8.12. The van der Waals surface area contributed by atoms with E-state index in [9.17, 15) is 14.4 Å². The molecule has 1 N–H and O–H groups in total. The van der Waals surface area contributed by atoms with Gasteiger partial charge in [0.1, 0.15) is 12.1 Å². The number of hydrogen-bond donors (Lipinski definition) is 1. The lowest BCUT2D eigenvalue weighted by Crippen LogP contribution is -2.49. The molecule has 1 aliphatic carbocycles. The van der Waals surface area contributed by atoms with Crippen LogP contribution >= 0.6 is 11.8 Å². The smallest absolute Gasteiger partial charge is 0.407 e. The number of carbonyl (C=O) groups excluding carboxylic acids is 3. The molecule has 0 atom stereocenters. The van der Waals surface area contributed by atoms with E-state index in [1.165, 1.54) is 0 Å². The molecule has 32 heavy (non-hydrogen) atoms. The molecule has 0 saturated carbocycles. The summed E-state index contributed by atoms with van der Waals surface area (Å²) in [5, 5.41) is 2.37. The molecule has 0 radical (unpaired) electrons. The zero-order valence-electron chi connectivity index (χ0n) is 17.8. The summed E-state index contributed by atoms with van der Waals surface area (Å²) in [6.07, 6.45) is 0.0520. The van der Waals surface area contributed by atoms with Crippen LogP contribution in [0.4, 0.5) is 4.79 Å². The molecule has 0 fully saturated rings. The predicted molar refractivity (Wildman–Crippen MR) is 125 cm³/mol. The monoisotopic (exact) mass is 445 g/mol. The van der Waals surface area contributed by atoms with Gasteiger partial charge >= 0.3 is 6.09 Å². The molecule has 0 unspecified atom stereocenters. The van der Waals surface area contributed by atoms with Gasteiger partial charge in [-0.1, -0.05) is 66.7 Å². The first-order chi connectivity index (χ1) is 15.4. The molecule has 0 aromatic heterocycles. The van der Waals surface area contributed by atoms with Crippen molar-refractivity contribution in [2.45, 2.75) is 30.2 Å². The van der Waals surface area contributed by atoms with E-state index in [2.05, 4.69) is 29.6 Å². The topological polar surface area (TPSA) is 72.5 Å². The molecule has 6 heteroatoms. The highest BCUT2D eigenvalue weighted by atomic mass is 32.2. The molecule has 0 heterocycles. The largest absolute Gasteiger partial charge is 0.449 e. The van der Waals surface area contributed by atoms with E-state index in [0.29, 0.717) is 16.7 Å². The first-order valence-corrected chi connectivity index (χ1v) is 11.1. The summed E-state index contributed by atoms with van der Waals surface area (Å²) in [4.78, 5) is 37.1. The van der Waals surface area contributed by atoms with Crippen molar-refractivity contribution in [3.05, 3.63) is 89.5 Å². The van der Waals surface area contributed by atoms with E-state index in [4.69, 9.17) is 4.74 Å². The van der Waals surface area contributed by atoms with Gasteiger partial charge in [0.2, 0.25) is 5.12 Å². The lowest BCUT2D eigenvalue weighted by Gasteiger charge is -2.24. The van der Waals surface area contributed by atoms with Crippen molar-refractivity contribution >= 4 is 29.3 Å². The number of alkyl carbamates (subject to hydrolysis) is 1. The fourth-order valence-corrected chi connectivity index (χ4v) is 4.73. The highest BCUT2D eigenvalue weighted by molar-refractivity contribution is 8.14. The van der Waals surface area contributed by atoms with Crippen LogP contribution in [0.1, 0.15) is 41.3 Å². The molecule has 1 aliphatic rings. The third kappa shape index (κ3) is 4.32. The molecule has 162 valence electrons. The summed E-state index contributed by atoms with van der Waals surface area (Å²) in [5.41, 5.74) is 3.80.